The number of rotatable bonds is 6. The van der Waals surface area contributed by atoms with Crippen molar-refractivity contribution >= 4 is 39.7 Å². The highest BCUT2D eigenvalue weighted by atomic mass is 16.5. The molecule has 32 heavy (non-hydrogen) atoms. The van der Waals surface area contributed by atoms with Crippen molar-refractivity contribution in [2.45, 2.75) is 31.7 Å². The van der Waals surface area contributed by atoms with Crippen molar-refractivity contribution < 1.29 is 9.53 Å². The average Bonchev–Trinajstić information content (AvgIpc) is 3.51. The van der Waals surface area contributed by atoms with Crippen LogP contribution in [0.25, 0.3) is 10.9 Å². The van der Waals surface area contributed by atoms with E-state index in [1.165, 1.54) is 18.5 Å². The van der Waals surface area contributed by atoms with E-state index in [9.17, 15) is 4.79 Å². The van der Waals surface area contributed by atoms with Gasteiger partial charge >= 0.3 is 0 Å². The number of nitrogens with zero attached hydrogens (tertiary/aromatic N) is 4. The van der Waals surface area contributed by atoms with Crippen LogP contribution in [0, 0.1) is 0 Å². The lowest BCUT2D eigenvalue weighted by molar-refractivity contribution is -0.119. The predicted octanol–water partition coefficient (Wildman–Crippen LogP) is 3.44. The lowest BCUT2D eigenvalue weighted by atomic mass is 10.1. The van der Waals surface area contributed by atoms with E-state index in [0.29, 0.717) is 11.6 Å². The number of primary amides is 1. The van der Waals surface area contributed by atoms with E-state index >= 15 is 0 Å². The molecule has 3 heterocycles. The van der Waals surface area contributed by atoms with E-state index in [4.69, 9.17) is 10.5 Å². The first-order valence-corrected chi connectivity index (χ1v) is 11.1. The van der Waals surface area contributed by atoms with E-state index in [-0.39, 0.29) is 11.9 Å². The molecule has 0 bridgehead atoms. The summed E-state index contributed by atoms with van der Waals surface area (Å²) in [7, 11) is 1.63. The Morgan fingerprint density at radius 3 is 2.59 bits per heavy atom. The summed E-state index contributed by atoms with van der Waals surface area (Å²) in [6.07, 6.45) is 5.72. The molecule has 166 valence electrons. The summed E-state index contributed by atoms with van der Waals surface area (Å²) in [5, 5.41) is 4.30. The highest BCUT2D eigenvalue weighted by Crippen LogP contribution is 2.38. The highest BCUT2D eigenvalue weighted by molar-refractivity contribution is 5.96. The number of hydrogen-bond acceptors (Lipinski definition) is 7. The molecular weight excluding hydrogens is 404 g/mol. The van der Waals surface area contributed by atoms with E-state index in [0.717, 1.165) is 54.8 Å². The first-order chi connectivity index (χ1) is 15.6. The molecular formula is C24H28N6O2. The summed E-state index contributed by atoms with van der Waals surface area (Å²) in [5.41, 5.74) is 9.47. The molecule has 1 atom stereocenters. The molecule has 2 fully saturated rings. The monoisotopic (exact) mass is 432 g/mol. The van der Waals surface area contributed by atoms with Gasteiger partial charge in [-0.1, -0.05) is 0 Å². The first-order valence-electron chi connectivity index (χ1n) is 11.1. The third-order valence-electron chi connectivity index (χ3n) is 6.43. The van der Waals surface area contributed by atoms with Gasteiger partial charge in [0.25, 0.3) is 0 Å². The fourth-order valence-electron chi connectivity index (χ4n) is 4.78. The Balaban J connectivity index is 1.49. The molecule has 0 spiro atoms. The number of methoxy groups -OCH3 is 1. The minimum absolute atomic E-state index is 0.314. The minimum Gasteiger partial charge on any atom is -0.495 e. The van der Waals surface area contributed by atoms with Gasteiger partial charge in [0.15, 0.2) is 0 Å². The number of amides is 1. The van der Waals surface area contributed by atoms with Gasteiger partial charge in [-0.15, -0.1) is 0 Å². The van der Waals surface area contributed by atoms with Crippen molar-refractivity contribution in [1.82, 2.24) is 9.97 Å². The number of nitrogens with two attached hydrogens (primary N) is 1. The lowest BCUT2D eigenvalue weighted by Crippen LogP contribution is -2.40. The molecule has 0 saturated carbocycles. The summed E-state index contributed by atoms with van der Waals surface area (Å²) in [6.45, 7) is 3.00. The number of benzene rings is 2. The number of fused-ring (bicyclic) bond motifs is 1. The maximum absolute atomic E-state index is 12.0. The summed E-state index contributed by atoms with van der Waals surface area (Å²) < 4.78 is 5.63. The van der Waals surface area contributed by atoms with Crippen molar-refractivity contribution in [3.8, 4) is 5.75 Å². The quantitative estimate of drug-likeness (QED) is 0.616. The number of ether oxygens (including phenoxy) is 1. The fraction of sp³-hybridized carbons (Fsp3) is 0.375. The predicted molar refractivity (Wildman–Crippen MR) is 127 cm³/mol. The number of aromatic nitrogens is 2. The van der Waals surface area contributed by atoms with Gasteiger partial charge in [-0.25, -0.2) is 9.97 Å². The molecule has 5 rings (SSSR count). The van der Waals surface area contributed by atoms with E-state index < -0.39 is 0 Å². The molecule has 1 amide bonds. The second-order valence-electron chi connectivity index (χ2n) is 8.38. The third-order valence-corrected chi connectivity index (χ3v) is 6.43. The van der Waals surface area contributed by atoms with Gasteiger partial charge in [0.1, 0.15) is 23.9 Å². The van der Waals surface area contributed by atoms with Crippen LogP contribution in [0.15, 0.2) is 42.7 Å². The zero-order valence-corrected chi connectivity index (χ0v) is 18.3. The molecule has 0 aliphatic carbocycles. The Labute approximate surface area is 187 Å². The van der Waals surface area contributed by atoms with E-state index in [2.05, 4.69) is 44.5 Å². The van der Waals surface area contributed by atoms with Gasteiger partial charge in [0.2, 0.25) is 5.91 Å². The molecule has 2 aromatic carbocycles. The molecule has 1 aromatic heterocycles. The van der Waals surface area contributed by atoms with Crippen LogP contribution >= 0.6 is 0 Å². The first kappa shape index (κ1) is 20.4. The fourth-order valence-corrected chi connectivity index (χ4v) is 4.78. The molecule has 8 heteroatoms. The van der Waals surface area contributed by atoms with Crippen LogP contribution in [0.3, 0.4) is 0 Å². The van der Waals surface area contributed by atoms with Crippen molar-refractivity contribution in [1.29, 1.82) is 0 Å². The summed E-state index contributed by atoms with van der Waals surface area (Å²) in [5.74, 6) is 1.07. The second-order valence-corrected chi connectivity index (χ2v) is 8.38. The van der Waals surface area contributed by atoms with Gasteiger partial charge in [-0.3, -0.25) is 4.79 Å². The number of carbonyl (C=O) groups excluding carboxylic acids is 1. The van der Waals surface area contributed by atoms with E-state index in [1.807, 2.05) is 17.0 Å². The molecule has 2 aliphatic heterocycles. The Morgan fingerprint density at radius 2 is 1.88 bits per heavy atom. The Kier molecular flexibility index (Phi) is 5.43. The summed E-state index contributed by atoms with van der Waals surface area (Å²) in [4.78, 5) is 25.3. The normalized spacial score (nSPS) is 18.3. The zero-order valence-electron chi connectivity index (χ0n) is 18.3. The van der Waals surface area contributed by atoms with Crippen LogP contribution < -0.4 is 25.6 Å². The second kappa shape index (κ2) is 8.53. The Hall–Kier alpha value is -3.55. The SMILES string of the molecule is COc1cc2ncnc(Nc3ccc(N4CCCC4)cc3)c2cc1N1CCCC1C(N)=O. The smallest absolute Gasteiger partial charge is 0.240 e. The molecule has 3 aromatic rings. The number of anilines is 4. The average molecular weight is 433 g/mol. The molecule has 0 radical (unpaired) electrons. The van der Waals surface area contributed by atoms with Crippen molar-refractivity contribution in [2.75, 3.05) is 41.9 Å². The van der Waals surface area contributed by atoms with Gasteiger partial charge < -0.3 is 25.6 Å². The summed E-state index contributed by atoms with van der Waals surface area (Å²) in [6, 6.07) is 12.0. The van der Waals surface area contributed by atoms with Crippen LogP contribution in [-0.2, 0) is 4.79 Å². The molecule has 2 aliphatic rings. The third kappa shape index (κ3) is 3.77. The summed E-state index contributed by atoms with van der Waals surface area (Å²) >= 11 is 0. The standard InChI is InChI=1S/C24H28N6O2/c1-32-22-14-19-18(13-21(22)30-12-4-5-20(30)23(25)31)24(27-15-26-19)28-16-6-8-17(9-7-16)29-10-2-3-11-29/h6-9,13-15,20H,2-5,10-12H2,1H3,(H2,25,31)(H,26,27,28). The topological polar surface area (TPSA) is 96.6 Å². The van der Waals surface area contributed by atoms with Gasteiger partial charge in [-0.05, 0) is 56.0 Å². The largest absolute Gasteiger partial charge is 0.495 e. The lowest BCUT2D eigenvalue weighted by Gasteiger charge is -2.26. The van der Waals surface area contributed by atoms with Gasteiger partial charge in [0, 0.05) is 42.5 Å². The van der Waals surface area contributed by atoms with Crippen molar-refractivity contribution in [3.63, 3.8) is 0 Å². The number of nitrogens with one attached hydrogen (secondary N) is 1. The highest BCUT2D eigenvalue weighted by Gasteiger charge is 2.31. The Morgan fingerprint density at radius 1 is 1.09 bits per heavy atom. The maximum atomic E-state index is 12.0. The molecule has 8 nitrogen and oxygen atoms in total. The van der Waals surface area contributed by atoms with Crippen LogP contribution in [0.2, 0.25) is 0 Å². The maximum Gasteiger partial charge on any atom is 0.240 e. The molecule has 1 unspecified atom stereocenters. The van der Waals surface area contributed by atoms with Gasteiger partial charge in [0.05, 0.1) is 18.3 Å². The van der Waals surface area contributed by atoms with E-state index in [1.54, 1.807) is 13.4 Å². The van der Waals surface area contributed by atoms with Gasteiger partial charge in [-0.2, -0.15) is 0 Å². The van der Waals surface area contributed by atoms with Crippen LogP contribution in [0.4, 0.5) is 22.9 Å². The van der Waals surface area contributed by atoms with Crippen molar-refractivity contribution in [2.24, 2.45) is 5.73 Å². The van der Waals surface area contributed by atoms with Crippen LogP contribution in [0.1, 0.15) is 25.7 Å². The van der Waals surface area contributed by atoms with Crippen molar-refractivity contribution in [3.05, 3.63) is 42.7 Å². The minimum atomic E-state index is -0.333. The molecule has 2 saturated heterocycles. The zero-order chi connectivity index (χ0) is 22.1. The van der Waals surface area contributed by atoms with Crippen LogP contribution in [-0.4, -0.2) is 48.7 Å². The van der Waals surface area contributed by atoms with Crippen LogP contribution in [0.5, 0.6) is 5.75 Å². The molecule has 3 N–H and O–H groups in total. The number of carbonyl (C=O) groups is 1. The Bertz CT molecular complexity index is 1130. The number of hydrogen-bond donors (Lipinski definition) is 2.